The minimum Gasteiger partial charge on any atom is -0.355 e. The summed E-state index contributed by atoms with van der Waals surface area (Å²) in [5, 5.41) is 23.1. The second-order valence-electron chi connectivity index (χ2n) is 12.4. The Hall–Kier alpha value is -4.76. The summed E-state index contributed by atoms with van der Waals surface area (Å²) in [6.45, 7) is 2.06. The normalized spacial score (nSPS) is 21.4. The van der Waals surface area contributed by atoms with Crippen LogP contribution in [0.5, 0.6) is 0 Å². The van der Waals surface area contributed by atoms with Crippen molar-refractivity contribution in [2.75, 3.05) is 20.6 Å². The maximum atomic E-state index is 13.3. The summed E-state index contributed by atoms with van der Waals surface area (Å²) in [6, 6.07) is 13.0. The summed E-state index contributed by atoms with van der Waals surface area (Å²) in [5.74, 6) is 0.360. The molecule has 1 aromatic heterocycles. The number of carbonyl (C=O) groups is 3. The van der Waals surface area contributed by atoms with E-state index in [9.17, 15) is 24.4 Å². The molecule has 4 N–H and O–H groups in total. The molecule has 3 amide bonds. The number of hydrogen-bond acceptors (Lipinski definition) is 7. The number of H-pyrrole nitrogens is 1. The highest BCUT2D eigenvalue weighted by atomic mass is 16.2. The molecule has 0 radical (unpaired) electrons. The number of piperidine rings is 1. The van der Waals surface area contributed by atoms with E-state index in [1.807, 2.05) is 31.2 Å². The second kappa shape index (κ2) is 11.6. The summed E-state index contributed by atoms with van der Waals surface area (Å²) in [6.07, 6.45) is 3.29. The molecule has 1 saturated carbocycles. The Kier molecular flexibility index (Phi) is 7.82. The van der Waals surface area contributed by atoms with E-state index >= 15 is 0 Å². The number of likely N-dealkylation sites (tertiary alicyclic amines) is 1. The Morgan fingerprint density at radius 3 is 2.16 bits per heavy atom. The number of benzene rings is 2. The van der Waals surface area contributed by atoms with Gasteiger partial charge in [-0.15, -0.1) is 0 Å². The topological polar surface area (TPSA) is 165 Å². The highest BCUT2D eigenvalue weighted by Crippen LogP contribution is 2.48. The van der Waals surface area contributed by atoms with Crippen LogP contribution >= 0.6 is 0 Å². The number of nitrogens with one attached hydrogen (secondary N) is 4. The lowest BCUT2D eigenvalue weighted by Gasteiger charge is -2.37. The highest BCUT2D eigenvalue weighted by Gasteiger charge is 2.54. The van der Waals surface area contributed by atoms with Crippen LogP contribution in [0.2, 0.25) is 0 Å². The van der Waals surface area contributed by atoms with Gasteiger partial charge in [-0.3, -0.25) is 19.4 Å². The number of hydrogen-bond donors (Lipinski definition) is 4. The van der Waals surface area contributed by atoms with Gasteiger partial charge in [0.15, 0.2) is 0 Å². The molecule has 6 rings (SSSR count). The van der Waals surface area contributed by atoms with Crippen molar-refractivity contribution in [3.8, 4) is 6.07 Å². The average Bonchev–Trinajstić information content (AvgIpc) is 3.62. The van der Waals surface area contributed by atoms with E-state index in [-0.39, 0.29) is 48.1 Å². The van der Waals surface area contributed by atoms with Gasteiger partial charge in [0.05, 0.1) is 18.0 Å². The molecule has 12 heteroatoms. The molecule has 2 fully saturated rings. The Balaban J connectivity index is 1.45. The van der Waals surface area contributed by atoms with Crippen LogP contribution in [-0.2, 0) is 30.1 Å². The molecule has 2 aliphatic carbocycles. The van der Waals surface area contributed by atoms with E-state index in [4.69, 9.17) is 5.10 Å². The fraction of sp³-hybridized carbons (Fsp3) is 0.455. The number of aryl methyl sites for hydroxylation is 3. The molecule has 0 bridgehead atoms. The van der Waals surface area contributed by atoms with Crippen molar-refractivity contribution in [2.45, 2.75) is 62.6 Å². The Morgan fingerprint density at radius 2 is 1.64 bits per heavy atom. The smallest absolute Gasteiger partial charge is 0.343 e. The minimum atomic E-state index is -0.996. The summed E-state index contributed by atoms with van der Waals surface area (Å²) in [4.78, 5) is 56.3. The first-order valence-electron chi connectivity index (χ1n) is 15.4. The highest BCUT2D eigenvalue weighted by molar-refractivity contribution is 5.95. The van der Waals surface area contributed by atoms with Gasteiger partial charge < -0.3 is 20.9 Å². The van der Waals surface area contributed by atoms with Gasteiger partial charge in [-0.1, -0.05) is 12.1 Å². The van der Waals surface area contributed by atoms with Gasteiger partial charge in [0, 0.05) is 44.4 Å². The maximum Gasteiger partial charge on any atom is 0.343 e. The first kappa shape index (κ1) is 30.3. The number of amides is 3. The van der Waals surface area contributed by atoms with Gasteiger partial charge in [0.25, 0.3) is 11.8 Å². The van der Waals surface area contributed by atoms with Crippen LogP contribution < -0.4 is 21.6 Å². The van der Waals surface area contributed by atoms with E-state index in [0.29, 0.717) is 42.1 Å². The largest absolute Gasteiger partial charge is 0.355 e. The van der Waals surface area contributed by atoms with E-state index < -0.39 is 5.41 Å². The Morgan fingerprint density at radius 1 is 1.04 bits per heavy atom. The predicted octanol–water partition coefficient (Wildman–Crippen LogP) is 1.14. The lowest BCUT2D eigenvalue weighted by molar-refractivity contribution is -0.131. The SMILES string of the molecule is CNC(=O)c1ccc2c(c1)CCc1cc(C(=O)NC)ccc1C2(C[C@@H](C)NCC(=O)N1[C@H](C#N)C[C@@H]2C[C@@H]21)c1nn(C)c(=O)[nH]1. The minimum absolute atomic E-state index is 0.0717. The van der Waals surface area contributed by atoms with Gasteiger partial charge in [0.1, 0.15) is 11.9 Å². The van der Waals surface area contributed by atoms with Gasteiger partial charge in [-0.05, 0) is 91.5 Å². The van der Waals surface area contributed by atoms with Crippen LogP contribution in [0.4, 0.5) is 0 Å². The number of carbonyl (C=O) groups excluding carboxylic acids is 3. The Labute approximate surface area is 261 Å². The maximum absolute atomic E-state index is 13.3. The molecule has 0 spiro atoms. The van der Waals surface area contributed by atoms with E-state index in [1.165, 1.54) is 4.68 Å². The summed E-state index contributed by atoms with van der Waals surface area (Å²) < 4.78 is 1.27. The monoisotopic (exact) mass is 610 g/mol. The van der Waals surface area contributed by atoms with E-state index in [2.05, 4.69) is 27.0 Å². The number of aromatic nitrogens is 3. The molecule has 45 heavy (non-hydrogen) atoms. The quantitative estimate of drug-likeness (QED) is 0.297. The lowest BCUT2D eigenvalue weighted by Crippen LogP contribution is -2.46. The zero-order valence-electron chi connectivity index (χ0n) is 25.9. The third-order valence-corrected chi connectivity index (χ3v) is 9.70. The van der Waals surface area contributed by atoms with E-state index in [1.54, 1.807) is 38.2 Å². The molecular formula is C33H38N8O4. The van der Waals surface area contributed by atoms with Crippen molar-refractivity contribution in [1.82, 2.24) is 35.6 Å². The third-order valence-electron chi connectivity index (χ3n) is 9.70. The van der Waals surface area contributed by atoms with Gasteiger partial charge in [-0.2, -0.15) is 10.4 Å². The lowest BCUT2D eigenvalue weighted by atomic mass is 9.67. The van der Waals surface area contributed by atoms with Crippen LogP contribution in [0.25, 0.3) is 0 Å². The van der Waals surface area contributed by atoms with Crippen LogP contribution in [0.3, 0.4) is 0 Å². The molecule has 2 heterocycles. The van der Waals surface area contributed by atoms with Crippen molar-refractivity contribution in [1.29, 1.82) is 5.26 Å². The number of aromatic amines is 1. The van der Waals surface area contributed by atoms with Crippen molar-refractivity contribution in [3.05, 3.63) is 86.1 Å². The summed E-state index contributed by atoms with van der Waals surface area (Å²) >= 11 is 0. The zero-order valence-corrected chi connectivity index (χ0v) is 25.9. The number of fused-ring (bicyclic) bond motifs is 3. The molecule has 0 unspecified atom stereocenters. The summed E-state index contributed by atoms with van der Waals surface area (Å²) in [7, 11) is 4.77. The second-order valence-corrected chi connectivity index (χ2v) is 12.4. The fourth-order valence-electron chi connectivity index (χ4n) is 7.40. The van der Waals surface area contributed by atoms with Crippen LogP contribution in [0.1, 0.15) is 75.0 Å². The Bertz CT molecular complexity index is 1720. The van der Waals surface area contributed by atoms with Crippen LogP contribution in [0, 0.1) is 17.2 Å². The van der Waals surface area contributed by atoms with Gasteiger partial charge in [0.2, 0.25) is 5.91 Å². The third kappa shape index (κ3) is 5.21. The number of nitrogens with zero attached hydrogens (tertiary/aromatic N) is 4. The van der Waals surface area contributed by atoms with Crippen molar-refractivity contribution in [2.24, 2.45) is 13.0 Å². The average molecular weight is 611 g/mol. The van der Waals surface area contributed by atoms with Crippen LogP contribution in [-0.4, -0.2) is 76.2 Å². The predicted molar refractivity (Wildman–Crippen MR) is 166 cm³/mol. The first-order chi connectivity index (χ1) is 21.6. The van der Waals surface area contributed by atoms with Gasteiger partial charge >= 0.3 is 5.69 Å². The molecule has 1 saturated heterocycles. The fourth-order valence-corrected chi connectivity index (χ4v) is 7.40. The molecular weight excluding hydrogens is 572 g/mol. The summed E-state index contributed by atoms with van der Waals surface area (Å²) in [5.41, 5.74) is 3.31. The van der Waals surface area contributed by atoms with Crippen LogP contribution in [0.15, 0.2) is 41.2 Å². The van der Waals surface area contributed by atoms with Crippen molar-refractivity contribution < 1.29 is 14.4 Å². The van der Waals surface area contributed by atoms with Crippen molar-refractivity contribution in [3.63, 3.8) is 0 Å². The molecule has 234 valence electrons. The molecule has 12 nitrogen and oxygen atoms in total. The molecule has 4 atom stereocenters. The van der Waals surface area contributed by atoms with E-state index in [0.717, 1.165) is 35.1 Å². The zero-order chi connectivity index (χ0) is 32.0. The molecule has 3 aromatic rings. The molecule has 2 aromatic carbocycles. The first-order valence-corrected chi connectivity index (χ1v) is 15.4. The number of rotatable bonds is 8. The molecule has 1 aliphatic heterocycles. The molecule has 3 aliphatic rings. The standard InChI is InChI=1S/C33H38N8O4/c1-18(37-17-28(42)41-24(16-34)13-23-14-27(23)41)15-33(31-38-32(45)40(4)39-31)25-9-7-21(29(43)35-2)11-19(25)5-6-20-12-22(30(44)36-3)8-10-26(20)33/h7-12,18,23-24,27,37H,5-6,13-15,17H2,1-4H3,(H,35,43)(H,36,44)(H,38,39,45)/t18-,23-,24+,27+/m1/s1. The van der Waals surface area contributed by atoms with Crippen molar-refractivity contribution >= 4 is 17.7 Å². The van der Waals surface area contributed by atoms with Gasteiger partial charge in [-0.25, -0.2) is 9.48 Å². The number of nitriles is 1.